The smallest absolute Gasteiger partial charge is 0.335 e. The molecule has 0 aromatic rings. The topological polar surface area (TPSA) is 74.6 Å². The van der Waals surface area contributed by atoms with Gasteiger partial charge < -0.3 is 10.2 Å². The van der Waals surface area contributed by atoms with Gasteiger partial charge in [-0.3, -0.25) is 4.79 Å². The van der Waals surface area contributed by atoms with Crippen LogP contribution >= 0.6 is 0 Å². The Morgan fingerprint density at radius 1 is 1.35 bits per heavy atom. The van der Waals surface area contributed by atoms with Gasteiger partial charge in [-0.2, -0.15) is 0 Å². The quantitative estimate of drug-likeness (QED) is 0.539. The maximum atomic E-state index is 12.1. The van der Waals surface area contributed by atoms with E-state index < -0.39 is 11.6 Å². The van der Waals surface area contributed by atoms with Gasteiger partial charge in [-0.05, 0) is 37.7 Å². The number of unbranched alkanes of at least 4 members (excludes halogenated alkanes) is 1. The highest BCUT2D eigenvalue weighted by Gasteiger charge is 2.58. The van der Waals surface area contributed by atoms with E-state index in [2.05, 4.69) is 26.0 Å². The summed E-state index contributed by atoms with van der Waals surface area (Å²) in [5, 5.41) is 18.7. The van der Waals surface area contributed by atoms with Crippen molar-refractivity contribution in [2.24, 2.45) is 23.7 Å². The predicted molar refractivity (Wildman–Crippen MR) is 103 cm³/mol. The van der Waals surface area contributed by atoms with Crippen LogP contribution in [0.2, 0.25) is 0 Å². The highest BCUT2D eigenvalue weighted by Crippen LogP contribution is 2.46. The summed E-state index contributed by atoms with van der Waals surface area (Å²) in [7, 11) is 0. The lowest BCUT2D eigenvalue weighted by atomic mass is 9.90. The maximum absolute atomic E-state index is 12.1. The molecule has 0 aliphatic heterocycles. The monoisotopic (exact) mass is 360 g/mol. The third-order valence-corrected chi connectivity index (χ3v) is 5.68. The summed E-state index contributed by atoms with van der Waals surface area (Å²) >= 11 is 0. The first-order valence-corrected chi connectivity index (χ1v) is 9.88. The van der Waals surface area contributed by atoms with Crippen LogP contribution in [0, 0.1) is 23.7 Å². The van der Waals surface area contributed by atoms with E-state index in [0.29, 0.717) is 25.2 Å². The van der Waals surface area contributed by atoms with Crippen molar-refractivity contribution in [3.8, 4) is 0 Å². The Bertz CT molecular complexity index is 589. The summed E-state index contributed by atoms with van der Waals surface area (Å²) in [4.78, 5) is 23.0. The number of hydrogen-bond donors (Lipinski definition) is 2. The minimum absolute atomic E-state index is 0.0500. The van der Waals surface area contributed by atoms with Crippen LogP contribution in [0.4, 0.5) is 0 Å². The molecule has 144 valence electrons. The molecule has 0 aromatic heterocycles. The fourth-order valence-corrected chi connectivity index (χ4v) is 3.62. The molecule has 0 bridgehead atoms. The molecule has 1 fully saturated rings. The molecule has 2 aliphatic carbocycles. The number of hydrogen-bond acceptors (Lipinski definition) is 3. The molecular formula is C22H32O4. The zero-order valence-corrected chi connectivity index (χ0v) is 15.9. The molecule has 0 spiro atoms. The number of aliphatic carboxylic acids is 1. The molecule has 4 heteroatoms. The van der Waals surface area contributed by atoms with Gasteiger partial charge in [0.15, 0.2) is 11.4 Å². The van der Waals surface area contributed by atoms with Gasteiger partial charge in [-0.25, -0.2) is 4.79 Å². The molecule has 4 nitrogen and oxygen atoms in total. The summed E-state index contributed by atoms with van der Waals surface area (Å²) in [6.45, 7) is 4.48. The third kappa shape index (κ3) is 5.41. The second-order valence-electron chi connectivity index (χ2n) is 7.93. The van der Waals surface area contributed by atoms with Gasteiger partial charge in [-0.15, -0.1) is 0 Å². The number of rotatable bonds is 11. The van der Waals surface area contributed by atoms with Crippen LogP contribution in [0.15, 0.2) is 36.5 Å². The standard InChI is InChI=1S/C22H32O4/c1-3-4-8-16(2)9-7-10-17-13-14-20(23)19(17)12-6-5-11-18-15-22(18,26)21(24)25/h5-7,10,13-14,16-19,26H,3-4,8-9,11-12,15H2,1-2H3,(H,24,25)/t16-,17+,18?,19-,22?/m1/s1. The van der Waals surface area contributed by atoms with Gasteiger partial charge >= 0.3 is 5.97 Å². The molecule has 2 N–H and O–H groups in total. The largest absolute Gasteiger partial charge is 0.479 e. The van der Waals surface area contributed by atoms with Gasteiger partial charge in [0.25, 0.3) is 0 Å². The zero-order chi connectivity index (χ0) is 19.2. The van der Waals surface area contributed by atoms with Gasteiger partial charge in [0.05, 0.1) is 0 Å². The first-order valence-electron chi connectivity index (χ1n) is 9.88. The van der Waals surface area contributed by atoms with E-state index in [1.54, 1.807) is 6.08 Å². The number of carboxylic acids is 1. The van der Waals surface area contributed by atoms with Gasteiger partial charge in [0, 0.05) is 17.8 Å². The number of carbonyl (C=O) groups excluding carboxylic acids is 1. The Labute approximate surface area is 156 Å². The van der Waals surface area contributed by atoms with Gasteiger partial charge in [-0.1, -0.05) is 63.5 Å². The normalized spacial score (nSPS) is 32.0. The SMILES string of the molecule is CCCC[C@@H](C)CC=C[C@H]1C=CC(=O)[C@@H]1CC=CCC1CC1(O)C(=O)O. The summed E-state index contributed by atoms with van der Waals surface area (Å²) in [6.07, 6.45) is 18.2. The number of carbonyl (C=O) groups is 2. The second kappa shape index (κ2) is 9.31. The fraction of sp³-hybridized carbons (Fsp3) is 0.636. The Kier molecular flexibility index (Phi) is 7.39. The summed E-state index contributed by atoms with van der Waals surface area (Å²) in [5.74, 6) is -0.388. The van der Waals surface area contributed by atoms with Crippen molar-refractivity contribution in [3.63, 3.8) is 0 Å². The molecule has 2 unspecified atom stereocenters. The van der Waals surface area contributed by atoms with Crippen LogP contribution in [0.5, 0.6) is 0 Å². The highest BCUT2D eigenvalue weighted by atomic mass is 16.4. The lowest BCUT2D eigenvalue weighted by molar-refractivity contribution is -0.150. The van der Waals surface area contributed by atoms with Crippen LogP contribution in [-0.4, -0.2) is 27.6 Å². The molecule has 0 heterocycles. The van der Waals surface area contributed by atoms with Crippen molar-refractivity contribution in [2.75, 3.05) is 0 Å². The fourth-order valence-electron chi connectivity index (χ4n) is 3.62. The van der Waals surface area contributed by atoms with E-state index in [0.717, 1.165) is 6.42 Å². The first kappa shape index (κ1) is 20.6. The summed E-state index contributed by atoms with van der Waals surface area (Å²) in [6, 6.07) is 0. The number of carboxylic acid groups (broad SMARTS) is 1. The van der Waals surface area contributed by atoms with Crippen molar-refractivity contribution in [1.29, 1.82) is 0 Å². The van der Waals surface area contributed by atoms with Crippen molar-refractivity contribution in [2.45, 2.75) is 64.4 Å². The average molecular weight is 360 g/mol. The molecule has 0 aromatic carbocycles. The molecule has 1 saturated carbocycles. The molecule has 0 saturated heterocycles. The van der Waals surface area contributed by atoms with Crippen LogP contribution in [0.3, 0.4) is 0 Å². The van der Waals surface area contributed by atoms with Crippen molar-refractivity contribution in [1.82, 2.24) is 0 Å². The lowest BCUT2D eigenvalue weighted by Crippen LogP contribution is -2.23. The molecule has 0 radical (unpaired) electrons. The Hall–Kier alpha value is -1.68. The Morgan fingerprint density at radius 3 is 2.73 bits per heavy atom. The lowest BCUT2D eigenvalue weighted by Gasteiger charge is -2.13. The predicted octanol–water partition coefficient (Wildman–Crippen LogP) is 4.30. The highest BCUT2D eigenvalue weighted by molar-refractivity contribution is 5.95. The molecule has 2 rings (SSSR count). The molecule has 5 atom stereocenters. The average Bonchev–Trinajstić information content (AvgIpc) is 3.15. The Balaban J connectivity index is 1.76. The number of allylic oxidation sites excluding steroid dienone is 6. The zero-order valence-electron chi connectivity index (χ0n) is 15.9. The first-order chi connectivity index (χ1) is 12.4. The van der Waals surface area contributed by atoms with Gasteiger partial charge in [0.1, 0.15) is 0 Å². The maximum Gasteiger partial charge on any atom is 0.335 e. The van der Waals surface area contributed by atoms with E-state index in [1.807, 2.05) is 18.2 Å². The van der Waals surface area contributed by atoms with E-state index in [4.69, 9.17) is 5.11 Å². The second-order valence-corrected chi connectivity index (χ2v) is 7.93. The Morgan fingerprint density at radius 2 is 2.08 bits per heavy atom. The molecule has 26 heavy (non-hydrogen) atoms. The molecule has 0 amide bonds. The summed E-state index contributed by atoms with van der Waals surface area (Å²) < 4.78 is 0. The van der Waals surface area contributed by atoms with Crippen molar-refractivity contribution >= 4 is 11.8 Å². The van der Waals surface area contributed by atoms with E-state index in [1.165, 1.54) is 19.3 Å². The third-order valence-electron chi connectivity index (χ3n) is 5.68. The van der Waals surface area contributed by atoms with Crippen LogP contribution in [-0.2, 0) is 9.59 Å². The minimum Gasteiger partial charge on any atom is -0.479 e. The van der Waals surface area contributed by atoms with E-state index in [9.17, 15) is 14.7 Å². The minimum atomic E-state index is -1.53. The van der Waals surface area contributed by atoms with Crippen LogP contribution in [0.1, 0.15) is 58.8 Å². The number of aliphatic hydroxyl groups is 1. The van der Waals surface area contributed by atoms with Crippen molar-refractivity contribution in [3.05, 3.63) is 36.5 Å². The van der Waals surface area contributed by atoms with E-state index >= 15 is 0 Å². The van der Waals surface area contributed by atoms with E-state index in [-0.39, 0.29) is 23.5 Å². The molecular weight excluding hydrogens is 328 g/mol. The van der Waals surface area contributed by atoms with Crippen molar-refractivity contribution < 1.29 is 19.8 Å². The van der Waals surface area contributed by atoms with Crippen LogP contribution < -0.4 is 0 Å². The summed E-state index contributed by atoms with van der Waals surface area (Å²) in [5.41, 5.74) is -1.53. The number of ketones is 1. The molecule has 2 aliphatic rings. The van der Waals surface area contributed by atoms with Crippen LogP contribution in [0.25, 0.3) is 0 Å². The van der Waals surface area contributed by atoms with Gasteiger partial charge in [0.2, 0.25) is 0 Å².